The SMILES string of the molecule is CN=C(NCc1ccc(C(=O)NC)cc1)NCc1cccc(C)c1. The molecule has 0 radical (unpaired) electrons. The Labute approximate surface area is 143 Å². The number of benzene rings is 2. The minimum Gasteiger partial charge on any atom is -0.355 e. The fourth-order valence-electron chi connectivity index (χ4n) is 2.33. The second kappa shape index (κ2) is 8.72. The Morgan fingerprint density at radius 2 is 1.67 bits per heavy atom. The van der Waals surface area contributed by atoms with Crippen molar-refractivity contribution in [2.75, 3.05) is 14.1 Å². The van der Waals surface area contributed by atoms with E-state index in [9.17, 15) is 4.79 Å². The van der Waals surface area contributed by atoms with Crippen molar-refractivity contribution in [2.24, 2.45) is 4.99 Å². The summed E-state index contributed by atoms with van der Waals surface area (Å²) in [6, 6.07) is 15.9. The van der Waals surface area contributed by atoms with Gasteiger partial charge in [-0.1, -0.05) is 42.0 Å². The van der Waals surface area contributed by atoms with Gasteiger partial charge in [0.25, 0.3) is 5.91 Å². The van der Waals surface area contributed by atoms with E-state index in [1.807, 2.05) is 24.3 Å². The fraction of sp³-hybridized carbons (Fsp3) is 0.263. The topological polar surface area (TPSA) is 65.5 Å². The Hall–Kier alpha value is -2.82. The average Bonchev–Trinajstić information content (AvgIpc) is 2.61. The van der Waals surface area contributed by atoms with E-state index in [2.05, 4.69) is 52.1 Å². The van der Waals surface area contributed by atoms with Gasteiger partial charge in [0.2, 0.25) is 0 Å². The molecule has 0 saturated heterocycles. The first-order valence-electron chi connectivity index (χ1n) is 7.93. The van der Waals surface area contributed by atoms with Crippen LogP contribution in [-0.2, 0) is 13.1 Å². The summed E-state index contributed by atoms with van der Waals surface area (Å²) in [5.74, 6) is 0.664. The number of hydrogen-bond donors (Lipinski definition) is 3. The van der Waals surface area contributed by atoms with Crippen LogP contribution in [0.25, 0.3) is 0 Å². The maximum Gasteiger partial charge on any atom is 0.251 e. The Balaban J connectivity index is 1.86. The maximum atomic E-state index is 11.5. The Morgan fingerprint density at radius 1 is 1.00 bits per heavy atom. The van der Waals surface area contributed by atoms with Crippen molar-refractivity contribution in [3.8, 4) is 0 Å². The molecule has 2 rings (SSSR count). The molecule has 5 nitrogen and oxygen atoms in total. The second-order valence-electron chi connectivity index (χ2n) is 5.54. The zero-order valence-corrected chi connectivity index (χ0v) is 14.4. The predicted molar refractivity (Wildman–Crippen MR) is 98.0 cm³/mol. The summed E-state index contributed by atoms with van der Waals surface area (Å²) >= 11 is 0. The first kappa shape index (κ1) is 17.5. The zero-order chi connectivity index (χ0) is 17.4. The number of nitrogens with one attached hydrogen (secondary N) is 3. The van der Waals surface area contributed by atoms with E-state index in [1.165, 1.54) is 11.1 Å². The first-order valence-corrected chi connectivity index (χ1v) is 7.93. The van der Waals surface area contributed by atoms with Gasteiger partial charge in [0, 0.05) is 32.7 Å². The molecule has 0 bridgehead atoms. The van der Waals surface area contributed by atoms with Crippen LogP contribution in [0, 0.1) is 6.92 Å². The van der Waals surface area contributed by atoms with Crippen molar-refractivity contribution in [1.82, 2.24) is 16.0 Å². The van der Waals surface area contributed by atoms with Gasteiger partial charge in [0.05, 0.1) is 0 Å². The van der Waals surface area contributed by atoms with Gasteiger partial charge in [-0.05, 0) is 30.2 Å². The third-order valence-corrected chi connectivity index (χ3v) is 3.67. The molecule has 5 heteroatoms. The monoisotopic (exact) mass is 324 g/mol. The number of aliphatic imine (C=N–C) groups is 1. The molecule has 0 aromatic heterocycles. The van der Waals surface area contributed by atoms with E-state index < -0.39 is 0 Å². The molecule has 3 N–H and O–H groups in total. The van der Waals surface area contributed by atoms with Gasteiger partial charge in [0.1, 0.15) is 0 Å². The summed E-state index contributed by atoms with van der Waals surface area (Å²) in [6.07, 6.45) is 0. The second-order valence-corrected chi connectivity index (χ2v) is 5.54. The molecule has 0 saturated carbocycles. The van der Waals surface area contributed by atoms with Gasteiger partial charge < -0.3 is 16.0 Å². The summed E-state index contributed by atoms with van der Waals surface area (Å²) in [5.41, 5.74) is 4.20. The standard InChI is InChI=1S/C19H24N4O/c1-14-5-4-6-16(11-14)13-23-19(21-3)22-12-15-7-9-17(10-8-15)18(24)20-2/h4-11H,12-13H2,1-3H3,(H,20,24)(H2,21,22,23). The lowest BCUT2D eigenvalue weighted by Crippen LogP contribution is -2.36. The summed E-state index contributed by atoms with van der Waals surface area (Å²) in [4.78, 5) is 15.8. The summed E-state index contributed by atoms with van der Waals surface area (Å²) in [7, 11) is 3.38. The molecule has 0 spiro atoms. The average molecular weight is 324 g/mol. The third kappa shape index (κ3) is 5.12. The lowest BCUT2D eigenvalue weighted by molar-refractivity contribution is 0.0963. The van der Waals surface area contributed by atoms with Crippen LogP contribution in [0.5, 0.6) is 0 Å². The number of amides is 1. The van der Waals surface area contributed by atoms with Crippen LogP contribution in [0.3, 0.4) is 0 Å². The van der Waals surface area contributed by atoms with Crippen LogP contribution < -0.4 is 16.0 Å². The quantitative estimate of drug-likeness (QED) is 0.584. The lowest BCUT2D eigenvalue weighted by atomic mass is 10.1. The number of rotatable bonds is 5. The molecule has 126 valence electrons. The van der Waals surface area contributed by atoms with Crippen molar-refractivity contribution < 1.29 is 4.79 Å². The van der Waals surface area contributed by atoms with Crippen LogP contribution in [0.15, 0.2) is 53.5 Å². The predicted octanol–water partition coefficient (Wildman–Crippen LogP) is 2.22. The molecule has 0 aliphatic carbocycles. The molecule has 0 heterocycles. The number of carbonyl (C=O) groups excluding carboxylic acids is 1. The highest BCUT2D eigenvalue weighted by Gasteiger charge is 2.03. The summed E-state index contributed by atoms with van der Waals surface area (Å²) < 4.78 is 0. The molecular weight excluding hydrogens is 300 g/mol. The van der Waals surface area contributed by atoms with Crippen molar-refractivity contribution in [3.05, 3.63) is 70.8 Å². The Morgan fingerprint density at radius 3 is 2.25 bits per heavy atom. The van der Waals surface area contributed by atoms with Crippen molar-refractivity contribution in [1.29, 1.82) is 0 Å². The fourth-order valence-corrected chi connectivity index (χ4v) is 2.33. The van der Waals surface area contributed by atoms with E-state index in [4.69, 9.17) is 0 Å². The van der Waals surface area contributed by atoms with E-state index in [0.717, 1.165) is 18.1 Å². The first-order chi connectivity index (χ1) is 11.6. The van der Waals surface area contributed by atoms with Crippen molar-refractivity contribution in [3.63, 3.8) is 0 Å². The normalized spacial score (nSPS) is 11.0. The molecule has 0 atom stereocenters. The van der Waals surface area contributed by atoms with Gasteiger partial charge in [-0.2, -0.15) is 0 Å². The smallest absolute Gasteiger partial charge is 0.251 e. The Kier molecular flexibility index (Phi) is 6.37. The van der Waals surface area contributed by atoms with Crippen LogP contribution in [0.4, 0.5) is 0 Å². The number of guanidine groups is 1. The van der Waals surface area contributed by atoms with E-state index >= 15 is 0 Å². The van der Waals surface area contributed by atoms with Gasteiger partial charge in [0.15, 0.2) is 5.96 Å². The molecule has 0 unspecified atom stereocenters. The van der Waals surface area contributed by atoms with Crippen LogP contribution in [0.1, 0.15) is 27.0 Å². The van der Waals surface area contributed by atoms with Gasteiger partial charge in [-0.15, -0.1) is 0 Å². The largest absolute Gasteiger partial charge is 0.355 e. The third-order valence-electron chi connectivity index (χ3n) is 3.67. The number of nitrogens with zero attached hydrogens (tertiary/aromatic N) is 1. The minimum atomic E-state index is -0.0786. The minimum absolute atomic E-state index is 0.0786. The highest BCUT2D eigenvalue weighted by Crippen LogP contribution is 2.05. The van der Waals surface area contributed by atoms with E-state index in [1.54, 1.807) is 14.1 Å². The number of aryl methyl sites for hydroxylation is 1. The molecule has 1 amide bonds. The maximum absolute atomic E-state index is 11.5. The number of carbonyl (C=O) groups is 1. The molecule has 0 aliphatic rings. The van der Waals surface area contributed by atoms with Crippen molar-refractivity contribution in [2.45, 2.75) is 20.0 Å². The highest BCUT2D eigenvalue weighted by atomic mass is 16.1. The molecule has 0 aliphatic heterocycles. The Bertz CT molecular complexity index is 708. The van der Waals surface area contributed by atoms with Gasteiger partial charge >= 0.3 is 0 Å². The van der Waals surface area contributed by atoms with Gasteiger partial charge in [-0.25, -0.2) is 0 Å². The molecular formula is C19H24N4O. The van der Waals surface area contributed by atoms with Crippen LogP contribution in [0.2, 0.25) is 0 Å². The zero-order valence-electron chi connectivity index (χ0n) is 14.4. The summed E-state index contributed by atoms with van der Waals surface area (Å²) in [6.45, 7) is 3.44. The van der Waals surface area contributed by atoms with E-state index in [-0.39, 0.29) is 5.91 Å². The molecule has 0 fully saturated rings. The lowest BCUT2D eigenvalue weighted by Gasteiger charge is -2.12. The number of hydrogen-bond acceptors (Lipinski definition) is 2. The molecule has 2 aromatic rings. The van der Waals surface area contributed by atoms with Gasteiger partial charge in [-0.3, -0.25) is 9.79 Å². The molecule has 24 heavy (non-hydrogen) atoms. The van der Waals surface area contributed by atoms with Crippen molar-refractivity contribution >= 4 is 11.9 Å². The molecule has 2 aromatic carbocycles. The van der Waals surface area contributed by atoms with Crippen LogP contribution >= 0.6 is 0 Å². The van der Waals surface area contributed by atoms with Crippen LogP contribution in [-0.4, -0.2) is 26.0 Å². The summed E-state index contributed by atoms with van der Waals surface area (Å²) in [5, 5.41) is 9.18. The highest BCUT2D eigenvalue weighted by molar-refractivity contribution is 5.93. The van der Waals surface area contributed by atoms with E-state index in [0.29, 0.717) is 12.1 Å².